The highest BCUT2D eigenvalue weighted by atomic mass is 35.5. The van der Waals surface area contributed by atoms with Gasteiger partial charge in [-0.1, -0.05) is 59.2 Å². The topological polar surface area (TPSA) is 68.8 Å². The third kappa shape index (κ3) is 4.47. The molecule has 0 saturated carbocycles. The van der Waals surface area contributed by atoms with Crippen molar-refractivity contribution < 1.29 is 22.8 Å². The largest absolute Gasteiger partial charge is 0.433 e. The molecule has 0 N–H and O–H groups in total. The minimum Gasteiger partial charge on any atom is -0.311 e. The number of hydrogen-bond acceptors (Lipinski definition) is 5. The molecule has 2 aromatic carbocycles. The molecule has 0 aliphatic rings. The fraction of sp³-hybridized carbons (Fsp3) is 0.0909. The van der Waals surface area contributed by atoms with Gasteiger partial charge in [-0.15, -0.1) is 0 Å². The summed E-state index contributed by atoms with van der Waals surface area (Å²) in [4.78, 5) is 21.5. The third-order valence-corrected chi connectivity index (χ3v) is 4.78. The molecule has 0 bridgehead atoms. The molecule has 0 aliphatic carbocycles. The van der Waals surface area contributed by atoms with Crippen LogP contribution in [0.4, 0.5) is 13.2 Å². The monoisotopic (exact) mass is 458 g/mol. The van der Waals surface area contributed by atoms with Crippen LogP contribution in [0.2, 0.25) is 5.02 Å². The molecular formula is C22H14ClF3N4O2. The maximum atomic E-state index is 13.7. The SMILES string of the molecule is CC(=NOC(=O)c1cc2nc(-c3ccc(Cl)cc3)cc(C(F)(F)F)n2n1)c1ccccc1. The van der Waals surface area contributed by atoms with Crippen LogP contribution in [0.5, 0.6) is 0 Å². The summed E-state index contributed by atoms with van der Waals surface area (Å²) < 4.78 is 41.6. The molecular weight excluding hydrogens is 445 g/mol. The first-order valence-electron chi connectivity index (χ1n) is 9.28. The Morgan fingerprint density at radius 2 is 1.75 bits per heavy atom. The molecule has 2 heterocycles. The zero-order chi connectivity index (χ0) is 22.9. The minimum absolute atomic E-state index is 0.0549. The molecule has 4 aromatic rings. The molecule has 0 atom stereocenters. The highest BCUT2D eigenvalue weighted by molar-refractivity contribution is 6.30. The molecule has 0 saturated heterocycles. The van der Waals surface area contributed by atoms with Crippen molar-refractivity contribution in [3.8, 4) is 11.3 Å². The summed E-state index contributed by atoms with van der Waals surface area (Å²) in [5, 5.41) is 7.93. The van der Waals surface area contributed by atoms with E-state index in [0.29, 0.717) is 20.8 Å². The molecule has 0 spiro atoms. The van der Waals surface area contributed by atoms with Gasteiger partial charge in [-0.3, -0.25) is 0 Å². The molecule has 2 aromatic heterocycles. The van der Waals surface area contributed by atoms with Crippen LogP contribution >= 0.6 is 11.6 Å². The Morgan fingerprint density at radius 3 is 2.41 bits per heavy atom. The molecule has 6 nitrogen and oxygen atoms in total. The second-order valence-electron chi connectivity index (χ2n) is 6.75. The first-order valence-corrected chi connectivity index (χ1v) is 9.65. The van der Waals surface area contributed by atoms with Crippen molar-refractivity contribution in [3.05, 3.63) is 88.7 Å². The van der Waals surface area contributed by atoms with Crippen molar-refractivity contribution in [2.75, 3.05) is 0 Å². The number of aromatic nitrogens is 3. The van der Waals surface area contributed by atoms with Gasteiger partial charge in [-0.2, -0.15) is 18.3 Å². The molecule has 0 amide bonds. The van der Waals surface area contributed by atoms with Crippen LogP contribution in [-0.4, -0.2) is 26.3 Å². The minimum atomic E-state index is -4.74. The van der Waals surface area contributed by atoms with Crippen molar-refractivity contribution in [1.29, 1.82) is 0 Å². The Bertz CT molecular complexity index is 1320. The molecule has 10 heteroatoms. The number of rotatable bonds is 4. The van der Waals surface area contributed by atoms with E-state index in [9.17, 15) is 18.0 Å². The Kier molecular flexibility index (Phi) is 5.67. The smallest absolute Gasteiger partial charge is 0.311 e. The number of halogens is 4. The van der Waals surface area contributed by atoms with E-state index < -0.39 is 17.8 Å². The Labute approximate surface area is 184 Å². The van der Waals surface area contributed by atoms with Crippen LogP contribution < -0.4 is 0 Å². The Balaban J connectivity index is 1.71. The van der Waals surface area contributed by atoms with E-state index in [1.807, 2.05) is 6.07 Å². The number of oxime groups is 1. The lowest BCUT2D eigenvalue weighted by Gasteiger charge is -2.11. The van der Waals surface area contributed by atoms with E-state index in [0.717, 1.165) is 17.7 Å². The van der Waals surface area contributed by atoms with Crippen molar-refractivity contribution in [3.63, 3.8) is 0 Å². The average molecular weight is 459 g/mol. The average Bonchev–Trinajstić information content (AvgIpc) is 3.21. The molecule has 0 radical (unpaired) electrons. The number of benzene rings is 2. The molecule has 0 aliphatic heterocycles. The summed E-state index contributed by atoms with van der Waals surface area (Å²) in [6, 6.07) is 17.1. The highest BCUT2D eigenvalue weighted by Gasteiger charge is 2.35. The second-order valence-corrected chi connectivity index (χ2v) is 7.19. The van der Waals surface area contributed by atoms with Gasteiger partial charge in [0.15, 0.2) is 17.0 Å². The van der Waals surface area contributed by atoms with Crippen molar-refractivity contribution in [2.45, 2.75) is 13.1 Å². The first-order chi connectivity index (χ1) is 15.2. The molecule has 32 heavy (non-hydrogen) atoms. The lowest BCUT2D eigenvalue weighted by molar-refractivity contribution is -0.142. The Morgan fingerprint density at radius 1 is 1.06 bits per heavy atom. The van der Waals surface area contributed by atoms with E-state index in [2.05, 4.69) is 15.2 Å². The van der Waals surface area contributed by atoms with E-state index in [1.165, 1.54) is 0 Å². The van der Waals surface area contributed by atoms with Gasteiger partial charge in [0.25, 0.3) is 0 Å². The molecule has 0 fully saturated rings. The van der Waals surface area contributed by atoms with E-state index in [4.69, 9.17) is 16.4 Å². The van der Waals surface area contributed by atoms with Crippen LogP contribution in [0.3, 0.4) is 0 Å². The predicted octanol–water partition coefficient (Wildman–Crippen LogP) is 5.65. The molecule has 162 valence electrons. The van der Waals surface area contributed by atoms with Gasteiger partial charge in [0.05, 0.1) is 11.4 Å². The molecule has 0 unspecified atom stereocenters. The fourth-order valence-electron chi connectivity index (χ4n) is 2.93. The summed E-state index contributed by atoms with van der Waals surface area (Å²) in [5.41, 5.74) is 0.0117. The third-order valence-electron chi connectivity index (χ3n) is 4.52. The summed E-state index contributed by atoms with van der Waals surface area (Å²) in [6.07, 6.45) is -4.74. The van der Waals surface area contributed by atoms with Crippen LogP contribution in [0.15, 0.2) is 71.9 Å². The van der Waals surface area contributed by atoms with Crippen LogP contribution in [0.25, 0.3) is 16.9 Å². The van der Waals surface area contributed by atoms with Crippen LogP contribution in [0, 0.1) is 0 Å². The number of fused-ring (bicyclic) bond motifs is 1. The zero-order valence-electron chi connectivity index (χ0n) is 16.5. The fourth-order valence-corrected chi connectivity index (χ4v) is 3.06. The lowest BCUT2D eigenvalue weighted by atomic mass is 10.1. The van der Waals surface area contributed by atoms with Crippen LogP contribution in [0.1, 0.15) is 28.7 Å². The van der Waals surface area contributed by atoms with Crippen molar-refractivity contribution in [1.82, 2.24) is 14.6 Å². The maximum Gasteiger partial charge on any atom is 0.433 e. The summed E-state index contributed by atoms with van der Waals surface area (Å²) in [7, 11) is 0. The quantitative estimate of drug-likeness (QED) is 0.225. The van der Waals surface area contributed by atoms with Gasteiger partial charge in [0, 0.05) is 16.7 Å². The predicted molar refractivity (Wildman–Crippen MR) is 113 cm³/mol. The van der Waals surface area contributed by atoms with E-state index in [-0.39, 0.29) is 17.0 Å². The summed E-state index contributed by atoms with van der Waals surface area (Å²) >= 11 is 5.85. The van der Waals surface area contributed by atoms with Crippen molar-refractivity contribution >= 4 is 28.9 Å². The maximum absolute atomic E-state index is 13.7. The zero-order valence-corrected chi connectivity index (χ0v) is 17.2. The summed E-state index contributed by atoms with van der Waals surface area (Å²) in [6.45, 7) is 1.63. The normalized spacial score (nSPS) is 12.2. The van der Waals surface area contributed by atoms with Gasteiger partial charge in [-0.25, -0.2) is 14.3 Å². The highest BCUT2D eigenvalue weighted by Crippen LogP contribution is 2.32. The number of alkyl halides is 3. The lowest BCUT2D eigenvalue weighted by Crippen LogP contribution is -2.14. The van der Waals surface area contributed by atoms with Gasteiger partial charge < -0.3 is 4.84 Å². The van der Waals surface area contributed by atoms with Gasteiger partial charge in [-0.05, 0) is 30.7 Å². The van der Waals surface area contributed by atoms with Crippen LogP contribution in [-0.2, 0) is 11.0 Å². The van der Waals surface area contributed by atoms with E-state index >= 15 is 0 Å². The van der Waals surface area contributed by atoms with Crippen molar-refractivity contribution in [2.24, 2.45) is 5.16 Å². The molecule has 4 rings (SSSR count). The second kappa shape index (κ2) is 8.43. The van der Waals surface area contributed by atoms with Gasteiger partial charge >= 0.3 is 12.1 Å². The van der Waals surface area contributed by atoms with E-state index in [1.54, 1.807) is 55.5 Å². The number of carbonyl (C=O) groups excluding carboxylic acids is 1. The number of hydrogen-bond donors (Lipinski definition) is 0. The number of carbonyl (C=O) groups is 1. The van der Waals surface area contributed by atoms with Gasteiger partial charge in [0.1, 0.15) is 0 Å². The Hall–Kier alpha value is -3.72. The number of nitrogens with zero attached hydrogens (tertiary/aromatic N) is 4. The summed E-state index contributed by atoms with van der Waals surface area (Å²) in [5.74, 6) is -1.01. The first kappa shape index (κ1) is 21.5. The standard InChI is InChI=1S/C22H14ClF3N4O2/c1-13(14-5-3-2-4-6-14)29-32-21(31)18-12-20-27-17(15-7-9-16(23)10-8-15)11-19(22(24,25)26)30(20)28-18/h2-12H,1H3. The van der Waals surface area contributed by atoms with Gasteiger partial charge in [0.2, 0.25) is 0 Å².